The number of alkyl halides is 6. The van der Waals surface area contributed by atoms with Crippen molar-refractivity contribution < 1.29 is 35.8 Å². The second-order valence-corrected chi connectivity index (χ2v) is 6.95. The van der Waals surface area contributed by atoms with Crippen LogP contribution in [0.15, 0.2) is 60.7 Å². The van der Waals surface area contributed by atoms with E-state index in [2.05, 4.69) is 14.5 Å². The minimum Gasteiger partial charge on any atom is -0.406 e. The fourth-order valence-electron chi connectivity index (χ4n) is 2.45. The second-order valence-electron chi connectivity index (χ2n) is 5.70. The van der Waals surface area contributed by atoms with E-state index in [1.54, 1.807) is 12.1 Å². The Morgan fingerprint density at radius 1 is 0.621 bits per heavy atom. The molecular weight excluding hydrogens is 515 g/mol. The molecule has 3 aromatic rings. The quantitative estimate of drug-likeness (QED) is 0.277. The largest absolute Gasteiger partial charge is 0.573 e. The van der Waals surface area contributed by atoms with Crippen molar-refractivity contribution in [2.45, 2.75) is 12.7 Å². The predicted molar refractivity (Wildman–Crippen MR) is 101 cm³/mol. The molecule has 0 saturated heterocycles. The normalized spacial score (nSPS) is 12.0. The van der Waals surface area contributed by atoms with Crippen LogP contribution in [-0.2, 0) is 0 Å². The monoisotopic (exact) mass is 525 g/mol. The maximum Gasteiger partial charge on any atom is 0.573 e. The Bertz CT molecular complexity index is 908. The molecule has 0 spiro atoms. The lowest BCUT2D eigenvalue weighted by Crippen LogP contribution is -2.16. The van der Waals surface area contributed by atoms with E-state index in [0.29, 0.717) is 22.5 Å². The third-order valence-electron chi connectivity index (χ3n) is 3.56. The first-order chi connectivity index (χ1) is 13.5. The van der Waals surface area contributed by atoms with Crippen LogP contribution in [0, 0.1) is 3.57 Å². The Morgan fingerprint density at radius 3 is 1.28 bits per heavy atom. The van der Waals surface area contributed by atoms with Gasteiger partial charge in [-0.2, -0.15) is 0 Å². The first kappa shape index (κ1) is 21.2. The van der Waals surface area contributed by atoms with Gasteiger partial charge in [-0.05, 0) is 83.3 Å². The van der Waals surface area contributed by atoms with Crippen LogP contribution in [0.2, 0.25) is 0 Å². The molecule has 0 amide bonds. The summed E-state index contributed by atoms with van der Waals surface area (Å²) in [5, 5.41) is 0. The third-order valence-corrected chi connectivity index (χ3v) is 4.18. The van der Waals surface area contributed by atoms with E-state index in [1.165, 1.54) is 48.5 Å². The van der Waals surface area contributed by atoms with Gasteiger partial charge in [-0.1, -0.05) is 0 Å². The molecule has 3 nitrogen and oxygen atoms in total. The zero-order chi connectivity index (χ0) is 21.2. The van der Waals surface area contributed by atoms with Crippen molar-refractivity contribution in [2.24, 2.45) is 0 Å². The summed E-state index contributed by atoms with van der Waals surface area (Å²) in [4.78, 5) is 4.45. The predicted octanol–water partition coefficient (Wildman–Crippen LogP) is 6.82. The molecule has 0 aliphatic rings. The van der Waals surface area contributed by atoms with Gasteiger partial charge in [-0.15, -0.1) is 26.3 Å². The van der Waals surface area contributed by atoms with Gasteiger partial charge >= 0.3 is 12.7 Å². The zero-order valence-electron chi connectivity index (χ0n) is 14.2. The Balaban J connectivity index is 1.86. The number of aromatic nitrogens is 1. The van der Waals surface area contributed by atoms with Crippen LogP contribution in [-0.4, -0.2) is 17.7 Å². The van der Waals surface area contributed by atoms with Gasteiger partial charge in [0.15, 0.2) is 0 Å². The van der Waals surface area contributed by atoms with Crippen molar-refractivity contribution in [1.29, 1.82) is 0 Å². The Labute approximate surface area is 174 Å². The van der Waals surface area contributed by atoms with Crippen molar-refractivity contribution in [3.63, 3.8) is 0 Å². The molecule has 10 heteroatoms. The van der Waals surface area contributed by atoms with Gasteiger partial charge in [0, 0.05) is 14.7 Å². The van der Waals surface area contributed by atoms with Crippen LogP contribution in [0.3, 0.4) is 0 Å². The smallest absolute Gasteiger partial charge is 0.406 e. The molecule has 1 aromatic heterocycles. The fourth-order valence-corrected chi connectivity index (χ4v) is 3.04. The maximum absolute atomic E-state index is 12.3. The van der Waals surface area contributed by atoms with E-state index < -0.39 is 12.7 Å². The Morgan fingerprint density at radius 2 is 0.966 bits per heavy atom. The van der Waals surface area contributed by atoms with E-state index in [0.717, 1.165) is 3.57 Å². The molecule has 0 unspecified atom stereocenters. The van der Waals surface area contributed by atoms with Crippen molar-refractivity contribution >= 4 is 22.6 Å². The van der Waals surface area contributed by atoms with Gasteiger partial charge in [0.05, 0.1) is 11.4 Å². The highest BCUT2D eigenvalue weighted by molar-refractivity contribution is 14.1. The van der Waals surface area contributed by atoms with Crippen LogP contribution in [0.1, 0.15) is 0 Å². The molecule has 0 saturated carbocycles. The Hall–Kier alpha value is -2.50. The van der Waals surface area contributed by atoms with Gasteiger partial charge in [0.1, 0.15) is 11.5 Å². The summed E-state index contributed by atoms with van der Waals surface area (Å²) in [5.41, 5.74) is 2.08. The summed E-state index contributed by atoms with van der Waals surface area (Å²) in [6.45, 7) is 0. The van der Waals surface area contributed by atoms with Crippen molar-refractivity contribution in [2.75, 3.05) is 0 Å². The van der Waals surface area contributed by atoms with Gasteiger partial charge in [-0.3, -0.25) is 0 Å². The van der Waals surface area contributed by atoms with Crippen LogP contribution < -0.4 is 9.47 Å². The lowest BCUT2D eigenvalue weighted by molar-refractivity contribution is -0.275. The number of nitrogens with zero attached hydrogens (tertiary/aromatic N) is 1. The number of halogens is 7. The van der Waals surface area contributed by atoms with Crippen molar-refractivity contribution in [1.82, 2.24) is 4.98 Å². The molecule has 0 radical (unpaired) electrons. The molecule has 0 N–H and O–H groups in total. The van der Waals surface area contributed by atoms with Crippen LogP contribution in [0.5, 0.6) is 11.5 Å². The zero-order valence-corrected chi connectivity index (χ0v) is 16.3. The molecule has 3 rings (SSSR count). The molecule has 0 bridgehead atoms. The van der Waals surface area contributed by atoms with E-state index in [1.807, 2.05) is 22.6 Å². The highest BCUT2D eigenvalue weighted by Crippen LogP contribution is 2.30. The summed E-state index contributed by atoms with van der Waals surface area (Å²) < 4.78 is 82.1. The summed E-state index contributed by atoms with van der Waals surface area (Å²) in [6, 6.07) is 13.9. The lowest BCUT2D eigenvalue weighted by atomic mass is 10.1. The number of benzene rings is 2. The summed E-state index contributed by atoms with van der Waals surface area (Å²) in [7, 11) is 0. The maximum atomic E-state index is 12.3. The third kappa shape index (κ3) is 6.24. The summed E-state index contributed by atoms with van der Waals surface area (Å²) in [6.07, 6.45) is -9.56. The first-order valence-corrected chi connectivity index (χ1v) is 8.96. The highest BCUT2D eigenvalue weighted by atomic mass is 127. The standard InChI is InChI=1S/C19H10F6INO2/c20-18(21,22)28-14-5-1-11(2-6-14)16-9-13(26)10-17(27-16)12-3-7-15(8-4-12)29-19(23,24)25/h1-10H. The number of hydrogen-bond donors (Lipinski definition) is 0. The molecule has 1 heterocycles. The topological polar surface area (TPSA) is 31.4 Å². The molecule has 0 aliphatic carbocycles. The number of ether oxygens (including phenoxy) is 2. The number of rotatable bonds is 4. The Kier molecular flexibility index (Phi) is 5.92. The van der Waals surface area contributed by atoms with Crippen LogP contribution in [0.4, 0.5) is 26.3 Å². The summed E-state index contributed by atoms with van der Waals surface area (Å²) >= 11 is 2.05. The molecular formula is C19H10F6INO2. The molecule has 0 atom stereocenters. The van der Waals surface area contributed by atoms with Gasteiger partial charge in [-0.25, -0.2) is 4.98 Å². The first-order valence-electron chi connectivity index (χ1n) is 7.88. The molecule has 0 fully saturated rings. The van der Waals surface area contributed by atoms with Crippen LogP contribution in [0.25, 0.3) is 22.5 Å². The minimum absolute atomic E-state index is 0.354. The SMILES string of the molecule is FC(F)(F)Oc1ccc(-c2cc(I)cc(-c3ccc(OC(F)(F)F)cc3)n2)cc1. The van der Waals surface area contributed by atoms with E-state index in [4.69, 9.17) is 0 Å². The van der Waals surface area contributed by atoms with Gasteiger partial charge < -0.3 is 9.47 Å². The minimum atomic E-state index is -4.78. The van der Waals surface area contributed by atoms with Gasteiger partial charge in [0.2, 0.25) is 0 Å². The molecule has 29 heavy (non-hydrogen) atoms. The van der Waals surface area contributed by atoms with E-state index in [-0.39, 0.29) is 11.5 Å². The number of pyridine rings is 1. The lowest BCUT2D eigenvalue weighted by Gasteiger charge is -2.11. The number of hydrogen-bond acceptors (Lipinski definition) is 3. The van der Waals surface area contributed by atoms with Crippen molar-refractivity contribution in [3.8, 4) is 34.0 Å². The molecule has 152 valence electrons. The molecule has 0 aliphatic heterocycles. The van der Waals surface area contributed by atoms with Crippen LogP contribution >= 0.6 is 22.6 Å². The van der Waals surface area contributed by atoms with Gasteiger partial charge in [0.25, 0.3) is 0 Å². The molecule has 2 aromatic carbocycles. The second kappa shape index (κ2) is 8.09. The summed E-state index contributed by atoms with van der Waals surface area (Å²) in [5.74, 6) is -0.709. The fraction of sp³-hybridized carbons (Fsp3) is 0.105. The van der Waals surface area contributed by atoms with E-state index >= 15 is 0 Å². The highest BCUT2D eigenvalue weighted by Gasteiger charge is 2.31. The van der Waals surface area contributed by atoms with E-state index in [9.17, 15) is 26.3 Å². The van der Waals surface area contributed by atoms with Crippen molar-refractivity contribution in [3.05, 3.63) is 64.2 Å². The average Bonchev–Trinajstić information content (AvgIpc) is 2.60. The average molecular weight is 525 g/mol.